The van der Waals surface area contributed by atoms with Crippen molar-refractivity contribution in [1.82, 2.24) is 4.90 Å². The van der Waals surface area contributed by atoms with E-state index in [9.17, 15) is 10.2 Å². The van der Waals surface area contributed by atoms with E-state index in [1.807, 2.05) is 6.08 Å². The highest BCUT2D eigenvalue weighted by Gasteiger charge is 2.31. The summed E-state index contributed by atoms with van der Waals surface area (Å²) in [6.07, 6.45) is 4.44. The van der Waals surface area contributed by atoms with E-state index in [2.05, 4.69) is 25.3 Å². The smallest absolute Gasteiger partial charge is 0.157 e. The highest BCUT2D eigenvalue weighted by Crippen LogP contribution is 2.40. The Kier molecular flexibility index (Phi) is 4.88. The minimum Gasteiger partial charge on any atom is -0.504 e. The van der Waals surface area contributed by atoms with Crippen molar-refractivity contribution in [3.05, 3.63) is 35.9 Å². The van der Waals surface area contributed by atoms with Gasteiger partial charge in [0.2, 0.25) is 0 Å². The summed E-state index contributed by atoms with van der Waals surface area (Å²) < 4.78 is 0. The first-order valence-corrected chi connectivity index (χ1v) is 7.81. The average Bonchev–Trinajstić information content (AvgIpc) is 2.44. The van der Waals surface area contributed by atoms with Crippen LogP contribution in [0, 0.1) is 5.92 Å². The maximum absolute atomic E-state index is 9.83. The Hall–Kier alpha value is -1.55. The lowest BCUT2D eigenvalue weighted by molar-refractivity contribution is 0.236. The topological polar surface area (TPSA) is 43.7 Å². The van der Waals surface area contributed by atoms with E-state index in [0.717, 1.165) is 41.9 Å². The number of hydrogen-bond donors (Lipinski definition) is 2. The molecular weight excluding hydrogens is 282 g/mol. The van der Waals surface area contributed by atoms with Gasteiger partial charge >= 0.3 is 0 Å². The summed E-state index contributed by atoms with van der Waals surface area (Å²) in [6, 6.07) is 3.53. The van der Waals surface area contributed by atoms with Crippen molar-refractivity contribution in [1.29, 1.82) is 0 Å². The molecule has 0 aliphatic carbocycles. The molecule has 2 rings (SSSR count). The van der Waals surface area contributed by atoms with E-state index in [0.29, 0.717) is 5.92 Å². The van der Waals surface area contributed by atoms with Crippen LogP contribution in [-0.2, 0) is 6.42 Å². The molecule has 114 valence electrons. The highest BCUT2D eigenvalue weighted by molar-refractivity contribution is 7.80. The Labute approximate surface area is 131 Å². The number of allylic oxidation sites excluding steroid dienone is 1. The van der Waals surface area contributed by atoms with Crippen molar-refractivity contribution in [2.45, 2.75) is 39.2 Å². The summed E-state index contributed by atoms with van der Waals surface area (Å²) in [5.41, 5.74) is 2.18. The molecule has 21 heavy (non-hydrogen) atoms. The van der Waals surface area contributed by atoms with Gasteiger partial charge in [0.15, 0.2) is 11.5 Å². The first-order valence-electron chi connectivity index (χ1n) is 7.40. The van der Waals surface area contributed by atoms with Gasteiger partial charge in [0.05, 0.1) is 11.0 Å². The fourth-order valence-corrected chi connectivity index (χ4v) is 3.37. The van der Waals surface area contributed by atoms with Crippen molar-refractivity contribution in [2.24, 2.45) is 5.92 Å². The third-order valence-electron chi connectivity index (χ3n) is 4.03. The third-order valence-corrected chi connectivity index (χ3v) is 4.47. The maximum Gasteiger partial charge on any atom is 0.157 e. The molecule has 4 heteroatoms. The number of benzene rings is 1. The Balaban J connectivity index is 2.36. The predicted molar refractivity (Wildman–Crippen MR) is 89.8 cm³/mol. The van der Waals surface area contributed by atoms with Crippen LogP contribution < -0.4 is 0 Å². The molecule has 1 aliphatic heterocycles. The number of hydrogen-bond acceptors (Lipinski definition) is 3. The molecule has 0 saturated heterocycles. The molecule has 1 aromatic rings. The van der Waals surface area contributed by atoms with Gasteiger partial charge in [0.25, 0.3) is 0 Å². The molecule has 1 unspecified atom stereocenters. The van der Waals surface area contributed by atoms with Crippen LogP contribution in [0.25, 0.3) is 0 Å². The van der Waals surface area contributed by atoms with Crippen LogP contribution in [0.4, 0.5) is 0 Å². The van der Waals surface area contributed by atoms with Crippen molar-refractivity contribution < 1.29 is 10.2 Å². The van der Waals surface area contributed by atoms with Gasteiger partial charge in [-0.25, -0.2) is 0 Å². The molecule has 1 atom stereocenters. The Morgan fingerprint density at radius 3 is 2.71 bits per heavy atom. The quantitative estimate of drug-likeness (QED) is 0.502. The summed E-state index contributed by atoms with van der Waals surface area (Å²) in [4.78, 5) is 3.22. The number of phenolic OH excluding ortho intramolecular Hbond substituents is 2. The normalized spacial score (nSPS) is 17.7. The molecule has 0 spiro atoms. The first-order chi connectivity index (χ1) is 9.95. The second-order valence-electron chi connectivity index (χ2n) is 5.89. The molecule has 0 saturated carbocycles. The van der Waals surface area contributed by atoms with E-state index >= 15 is 0 Å². The fourth-order valence-electron chi connectivity index (χ4n) is 3.04. The molecule has 0 amide bonds. The first kappa shape index (κ1) is 15.8. The van der Waals surface area contributed by atoms with E-state index in [1.54, 1.807) is 12.1 Å². The minimum absolute atomic E-state index is 0.0426. The number of thiocarbonyl (C=S) groups is 1. The molecular formula is C17H23NO2S. The largest absolute Gasteiger partial charge is 0.504 e. The summed E-state index contributed by atoms with van der Waals surface area (Å²) in [6.45, 7) is 8.93. The summed E-state index contributed by atoms with van der Waals surface area (Å²) >= 11 is 5.59. The van der Waals surface area contributed by atoms with E-state index in [1.165, 1.54) is 0 Å². The Morgan fingerprint density at radius 2 is 2.10 bits per heavy atom. The lowest BCUT2D eigenvalue weighted by Gasteiger charge is -2.41. The number of fused-ring (bicyclic) bond motifs is 1. The standard InChI is InChI=1S/C17H23NO2S/c1-4-5-6-16(21)18-8-7-12-9-14(19)15(20)10-13(12)17(18)11(2)3/h4,9-11,17,19-20H,1,5-8H2,2-3H3. The van der Waals surface area contributed by atoms with E-state index < -0.39 is 0 Å². The molecule has 0 fully saturated rings. The van der Waals surface area contributed by atoms with Gasteiger partial charge in [0.1, 0.15) is 0 Å². The van der Waals surface area contributed by atoms with Gasteiger partial charge in [-0.1, -0.05) is 32.1 Å². The molecule has 1 aromatic carbocycles. The number of phenols is 2. The predicted octanol–water partition coefficient (Wildman–Crippen LogP) is 3.95. The third kappa shape index (κ3) is 3.21. The maximum atomic E-state index is 9.83. The lowest BCUT2D eigenvalue weighted by atomic mass is 9.85. The SMILES string of the molecule is C=CCCC(=S)N1CCc2cc(O)c(O)cc2C1C(C)C. The van der Waals surface area contributed by atoms with Gasteiger partial charge in [0, 0.05) is 13.0 Å². The number of aromatic hydroxyl groups is 2. The van der Waals surface area contributed by atoms with Gasteiger partial charge < -0.3 is 15.1 Å². The van der Waals surface area contributed by atoms with Crippen molar-refractivity contribution in [3.63, 3.8) is 0 Å². The minimum atomic E-state index is -0.0572. The molecule has 0 radical (unpaired) electrons. The van der Waals surface area contributed by atoms with Gasteiger partial charge in [-0.3, -0.25) is 0 Å². The Morgan fingerprint density at radius 1 is 1.43 bits per heavy atom. The Bertz CT molecular complexity index is 554. The van der Waals surface area contributed by atoms with Crippen LogP contribution in [-0.4, -0.2) is 26.6 Å². The number of rotatable bonds is 4. The zero-order valence-electron chi connectivity index (χ0n) is 12.7. The van der Waals surface area contributed by atoms with Crippen LogP contribution in [0.15, 0.2) is 24.8 Å². The summed E-state index contributed by atoms with van der Waals surface area (Å²) in [5, 5.41) is 19.5. The second kappa shape index (κ2) is 6.48. The highest BCUT2D eigenvalue weighted by atomic mass is 32.1. The molecule has 2 N–H and O–H groups in total. The second-order valence-corrected chi connectivity index (χ2v) is 6.36. The zero-order valence-corrected chi connectivity index (χ0v) is 13.5. The van der Waals surface area contributed by atoms with Crippen LogP contribution in [0.2, 0.25) is 0 Å². The van der Waals surface area contributed by atoms with Gasteiger partial charge in [-0.05, 0) is 42.0 Å². The molecule has 0 bridgehead atoms. The van der Waals surface area contributed by atoms with Crippen molar-refractivity contribution in [3.8, 4) is 11.5 Å². The molecule has 3 nitrogen and oxygen atoms in total. The molecule has 1 heterocycles. The van der Waals surface area contributed by atoms with Crippen molar-refractivity contribution in [2.75, 3.05) is 6.54 Å². The van der Waals surface area contributed by atoms with E-state index in [-0.39, 0.29) is 17.5 Å². The van der Waals surface area contributed by atoms with Crippen molar-refractivity contribution >= 4 is 17.2 Å². The molecule has 1 aliphatic rings. The number of nitrogens with zero attached hydrogens (tertiary/aromatic N) is 1. The van der Waals surface area contributed by atoms with Gasteiger partial charge in [-0.2, -0.15) is 0 Å². The van der Waals surface area contributed by atoms with E-state index in [4.69, 9.17) is 12.2 Å². The fraction of sp³-hybridized carbons (Fsp3) is 0.471. The lowest BCUT2D eigenvalue weighted by Crippen LogP contribution is -2.41. The zero-order chi connectivity index (χ0) is 15.6. The van der Waals surface area contributed by atoms with Crippen LogP contribution in [0.5, 0.6) is 11.5 Å². The molecule has 0 aromatic heterocycles. The summed E-state index contributed by atoms with van der Waals surface area (Å²) in [7, 11) is 0. The average molecular weight is 305 g/mol. The summed E-state index contributed by atoms with van der Waals surface area (Å²) in [5.74, 6) is 0.270. The monoisotopic (exact) mass is 305 g/mol. The van der Waals surface area contributed by atoms with Crippen LogP contribution in [0.1, 0.15) is 43.9 Å². The van der Waals surface area contributed by atoms with Gasteiger partial charge in [-0.15, -0.1) is 6.58 Å². The van der Waals surface area contributed by atoms with Crippen LogP contribution in [0.3, 0.4) is 0 Å². The van der Waals surface area contributed by atoms with Crippen LogP contribution >= 0.6 is 12.2 Å².